The van der Waals surface area contributed by atoms with Crippen LogP contribution in [0.1, 0.15) is 20.3 Å². The Morgan fingerprint density at radius 2 is 2.28 bits per heavy atom. The molecule has 0 bridgehead atoms. The fraction of sp³-hybridized carbons (Fsp3) is 0.455. The van der Waals surface area contributed by atoms with Gasteiger partial charge in [-0.25, -0.2) is 14.8 Å². The molecule has 0 fully saturated rings. The SMILES string of the molecule is CCC(C)(Nc1ncnc2c1cnn2C)C(=O)O. The van der Waals surface area contributed by atoms with Gasteiger partial charge < -0.3 is 10.4 Å². The standard InChI is InChI=1S/C11H15N5O2/c1-4-11(2,10(17)18)15-8-7-5-14-16(3)9(7)13-6-12-8/h5-6H,4H2,1-3H3,(H,17,18)(H,12,13,15). The van der Waals surface area contributed by atoms with Crippen LogP contribution >= 0.6 is 0 Å². The molecule has 0 aromatic carbocycles. The van der Waals surface area contributed by atoms with Crippen LogP contribution in [-0.2, 0) is 11.8 Å². The lowest BCUT2D eigenvalue weighted by Gasteiger charge is -2.25. The van der Waals surface area contributed by atoms with E-state index in [-0.39, 0.29) is 0 Å². The molecule has 0 radical (unpaired) electrons. The summed E-state index contributed by atoms with van der Waals surface area (Å²) in [7, 11) is 1.77. The van der Waals surface area contributed by atoms with Crippen molar-refractivity contribution in [3.05, 3.63) is 12.5 Å². The molecule has 2 rings (SSSR count). The number of nitrogens with zero attached hydrogens (tertiary/aromatic N) is 4. The minimum absolute atomic E-state index is 0.439. The molecule has 1 atom stereocenters. The van der Waals surface area contributed by atoms with Crippen LogP contribution in [0.2, 0.25) is 0 Å². The first-order valence-corrected chi connectivity index (χ1v) is 5.62. The molecule has 2 N–H and O–H groups in total. The Kier molecular flexibility index (Phi) is 2.90. The molecule has 0 aliphatic carbocycles. The highest BCUT2D eigenvalue weighted by Crippen LogP contribution is 2.23. The lowest BCUT2D eigenvalue weighted by Crippen LogP contribution is -2.43. The fourth-order valence-electron chi connectivity index (χ4n) is 1.62. The van der Waals surface area contributed by atoms with Gasteiger partial charge in [-0.15, -0.1) is 0 Å². The lowest BCUT2D eigenvalue weighted by atomic mass is 9.99. The number of aromatic nitrogens is 4. The van der Waals surface area contributed by atoms with Crippen molar-refractivity contribution in [2.75, 3.05) is 5.32 Å². The number of carboxylic acids is 1. The molecular weight excluding hydrogens is 234 g/mol. The molecule has 0 spiro atoms. The van der Waals surface area contributed by atoms with Crippen LogP contribution in [0.5, 0.6) is 0 Å². The summed E-state index contributed by atoms with van der Waals surface area (Å²) in [5.74, 6) is -0.430. The molecule has 18 heavy (non-hydrogen) atoms. The Labute approximate surface area is 104 Å². The zero-order valence-electron chi connectivity index (χ0n) is 10.5. The van der Waals surface area contributed by atoms with Crippen LogP contribution in [0.4, 0.5) is 5.82 Å². The summed E-state index contributed by atoms with van der Waals surface area (Å²) in [4.78, 5) is 19.5. The predicted molar refractivity (Wildman–Crippen MR) is 66.3 cm³/mol. The van der Waals surface area contributed by atoms with Crippen molar-refractivity contribution in [2.45, 2.75) is 25.8 Å². The number of carboxylic acid groups (broad SMARTS) is 1. The number of carbonyl (C=O) groups is 1. The molecule has 0 saturated carbocycles. The van der Waals surface area contributed by atoms with Crippen molar-refractivity contribution in [3.63, 3.8) is 0 Å². The molecule has 1 unspecified atom stereocenters. The quantitative estimate of drug-likeness (QED) is 0.840. The van der Waals surface area contributed by atoms with Gasteiger partial charge in [-0.1, -0.05) is 6.92 Å². The van der Waals surface area contributed by atoms with Crippen LogP contribution in [0.3, 0.4) is 0 Å². The summed E-state index contributed by atoms with van der Waals surface area (Å²) in [6, 6.07) is 0. The number of aryl methyl sites for hydroxylation is 1. The molecule has 0 aliphatic rings. The summed E-state index contributed by atoms with van der Waals surface area (Å²) in [5, 5.41) is 17.0. The molecule has 0 saturated heterocycles. The van der Waals surface area contributed by atoms with Crippen molar-refractivity contribution < 1.29 is 9.90 Å². The number of fused-ring (bicyclic) bond motifs is 1. The fourth-order valence-corrected chi connectivity index (χ4v) is 1.62. The molecule has 96 valence electrons. The Morgan fingerprint density at radius 3 is 2.89 bits per heavy atom. The number of hydrogen-bond donors (Lipinski definition) is 2. The summed E-state index contributed by atoms with van der Waals surface area (Å²) in [5.41, 5.74) is -0.395. The average molecular weight is 249 g/mol. The largest absolute Gasteiger partial charge is 0.480 e. The molecule has 2 aromatic rings. The highest BCUT2D eigenvalue weighted by molar-refractivity contribution is 5.90. The van der Waals surface area contributed by atoms with Gasteiger partial charge in [0.2, 0.25) is 0 Å². The number of nitrogens with one attached hydrogen (secondary N) is 1. The van der Waals surface area contributed by atoms with Crippen molar-refractivity contribution in [2.24, 2.45) is 7.05 Å². The molecule has 0 aliphatic heterocycles. The van der Waals surface area contributed by atoms with Crippen molar-refractivity contribution in [3.8, 4) is 0 Å². The summed E-state index contributed by atoms with van der Waals surface area (Å²) in [6.07, 6.45) is 3.45. The van der Waals surface area contributed by atoms with Gasteiger partial charge in [0.15, 0.2) is 5.65 Å². The van der Waals surface area contributed by atoms with E-state index in [1.165, 1.54) is 6.33 Å². The third kappa shape index (κ3) is 1.87. The maximum absolute atomic E-state index is 11.3. The number of hydrogen-bond acceptors (Lipinski definition) is 5. The van der Waals surface area contributed by atoms with Crippen LogP contribution in [0, 0.1) is 0 Å². The third-order valence-electron chi connectivity index (χ3n) is 3.10. The van der Waals surface area contributed by atoms with E-state index in [1.807, 2.05) is 6.92 Å². The lowest BCUT2D eigenvalue weighted by molar-refractivity contribution is -0.141. The topological polar surface area (TPSA) is 92.9 Å². The van der Waals surface area contributed by atoms with E-state index in [0.29, 0.717) is 23.3 Å². The van der Waals surface area contributed by atoms with Gasteiger partial charge in [0.05, 0.1) is 11.6 Å². The monoisotopic (exact) mass is 249 g/mol. The normalized spacial score (nSPS) is 14.4. The van der Waals surface area contributed by atoms with Crippen LogP contribution in [0.15, 0.2) is 12.5 Å². The Bertz CT molecular complexity index is 594. The van der Waals surface area contributed by atoms with Crippen LogP contribution < -0.4 is 5.32 Å². The second-order valence-corrected chi connectivity index (χ2v) is 4.34. The summed E-state index contributed by atoms with van der Waals surface area (Å²) >= 11 is 0. The molecule has 7 heteroatoms. The number of aliphatic carboxylic acids is 1. The molecule has 2 heterocycles. The van der Waals surface area contributed by atoms with E-state index in [1.54, 1.807) is 24.9 Å². The van der Waals surface area contributed by atoms with Crippen molar-refractivity contribution >= 4 is 22.8 Å². The van der Waals surface area contributed by atoms with Crippen molar-refractivity contribution in [1.29, 1.82) is 0 Å². The van der Waals surface area contributed by atoms with Gasteiger partial charge in [0, 0.05) is 7.05 Å². The third-order valence-corrected chi connectivity index (χ3v) is 3.10. The van der Waals surface area contributed by atoms with Crippen LogP contribution in [-0.4, -0.2) is 36.4 Å². The first-order valence-electron chi connectivity index (χ1n) is 5.62. The minimum Gasteiger partial charge on any atom is -0.480 e. The minimum atomic E-state index is -1.06. The van der Waals surface area contributed by atoms with Gasteiger partial charge in [0.1, 0.15) is 17.7 Å². The number of anilines is 1. The number of rotatable bonds is 4. The summed E-state index contributed by atoms with van der Waals surface area (Å²) in [6.45, 7) is 3.43. The highest BCUT2D eigenvalue weighted by Gasteiger charge is 2.32. The smallest absolute Gasteiger partial charge is 0.329 e. The van der Waals surface area contributed by atoms with Gasteiger partial charge in [0.25, 0.3) is 0 Å². The predicted octanol–water partition coefficient (Wildman–Crippen LogP) is 1.03. The van der Waals surface area contributed by atoms with Gasteiger partial charge in [-0.3, -0.25) is 4.68 Å². The van der Waals surface area contributed by atoms with E-state index in [9.17, 15) is 9.90 Å². The highest BCUT2D eigenvalue weighted by atomic mass is 16.4. The maximum Gasteiger partial charge on any atom is 0.329 e. The zero-order valence-corrected chi connectivity index (χ0v) is 10.5. The van der Waals surface area contributed by atoms with Crippen molar-refractivity contribution in [1.82, 2.24) is 19.7 Å². The molecule has 7 nitrogen and oxygen atoms in total. The van der Waals surface area contributed by atoms with Gasteiger partial charge >= 0.3 is 5.97 Å². The van der Waals surface area contributed by atoms with Gasteiger partial charge in [-0.2, -0.15) is 5.10 Å². The zero-order chi connectivity index (χ0) is 13.3. The average Bonchev–Trinajstić information content (AvgIpc) is 2.72. The Balaban J connectivity index is 2.46. The molecule has 2 aromatic heterocycles. The van der Waals surface area contributed by atoms with Gasteiger partial charge in [-0.05, 0) is 13.3 Å². The Morgan fingerprint density at radius 1 is 1.56 bits per heavy atom. The first-order chi connectivity index (χ1) is 8.48. The maximum atomic E-state index is 11.3. The molecular formula is C11H15N5O2. The van der Waals surface area contributed by atoms with Crippen LogP contribution in [0.25, 0.3) is 11.0 Å². The second kappa shape index (κ2) is 4.25. The Hall–Kier alpha value is -2.18. The van der Waals surface area contributed by atoms with E-state index < -0.39 is 11.5 Å². The van der Waals surface area contributed by atoms with E-state index in [4.69, 9.17) is 0 Å². The van der Waals surface area contributed by atoms with E-state index in [0.717, 1.165) is 0 Å². The summed E-state index contributed by atoms with van der Waals surface area (Å²) < 4.78 is 1.62. The first kappa shape index (κ1) is 12.3. The molecule has 0 amide bonds. The van der Waals surface area contributed by atoms with E-state index >= 15 is 0 Å². The second-order valence-electron chi connectivity index (χ2n) is 4.34. The van der Waals surface area contributed by atoms with E-state index in [2.05, 4.69) is 20.4 Å².